The molecule has 13 heavy (non-hydrogen) atoms. The van der Waals surface area contributed by atoms with Crippen molar-refractivity contribution in [2.45, 2.75) is 51.7 Å². The molecule has 1 aliphatic rings. The maximum absolute atomic E-state index is 5.51. The minimum Gasteiger partial charge on any atom is -0.380 e. The Morgan fingerprint density at radius 1 is 1.38 bits per heavy atom. The van der Waals surface area contributed by atoms with Crippen LogP contribution in [0.15, 0.2) is 0 Å². The van der Waals surface area contributed by atoms with E-state index in [1.54, 1.807) is 0 Å². The second-order valence-electron chi connectivity index (χ2n) is 4.25. The molecular weight excluding hydrogens is 162 g/mol. The highest BCUT2D eigenvalue weighted by molar-refractivity contribution is 4.83. The van der Waals surface area contributed by atoms with Gasteiger partial charge in [-0.3, -0.25) is 0 Å². The zero-order chi connectivity index (χ0) is 9.68. The van der Waals surface area contributed by atoms with Crippen LogP contribution in [0.2, 0.25) is 0 Å². The SMILES string of the molecule is CCCNC1CCC(C)CC1OC. The molecule has 0 saturated heterocycles. The predicted molar refractivity (Wildman–Crippen MR) is 55.9 cm³/mol. The molecule has 78 valence electrons. The fourth-order valence-corrected chi connectivity index (χ4v) is 2.15. The van der Waals surface area contributed by atoms with Gasteiger partial charge in [-0.05, 0) is 38.1 Å². The van der Waals surface area contributed by atoms with Gasteiger partial charge in [-0.1, -0.05) is 13.8 Å². The van der Waals surface area contributed by atoms with Gasteiger partial charge >= 0.3 is 0 Å². The van der Waals surface area contributed by atoms with Crippen molar-refractivity contribution in [3.8, 4) is 0 Å². The van der Waals surface area contributed by atoms with E-state index < -0.39 is 0 Å². The molecular formula is C11H23NO. The molecule has 0 spiro atoms. The number of hydrogen-bond donors (Lipinski definition) is 1. The Balaban J connectivity index is 2.33. The fourth-order valence-electron chi connectivity index (χ4n) is 2.15. The Morgan fingerprint density at radius 2 is 2.15 bits per heavy atom. The number of hydrogen-bond acceptors (Lipinski definition) is 2. The second kappa shape index (κ2) is 5.61. The molecule has 0 heterocycles. The number of nitrogens with one attached hydrogen (secondary N) is 1. The third kappa shape index (κ3) is 3.28. The summed E-state index contributed by atoms with van der Waals surface area (Å²) >= 11 is 0. The highest BCUT2D eigenvalue weighted by Gasteiger charge is 2.27. The molecule has 2 heteroatoms. The zero-order valence-electron chi connectivity index (χ0n) is 9.18. The van der Waals surface area contributed by atoms with Crippen LogP contribution in [-0.4, -0.2) is 25.8 Å². The summed E-state index contributed by atoms with van der Waals surface area (Å²) in [5, 5.41) is 3.57. The summed E-state index contributed by atoms with van der Waals surface area (Å²) in [6.07, 6.45) is 5.50. The van der Waals surface area contributed by atoms with Gasteiger partial charge in [-0.2, -0.15) is 0 Å². The van der Waals surface area contributed by atoms with Crippen LogP contribution in [0.5, 0.6) is 0 Å². The average molecular weight is 185 g/mol. The monoisotopic (exact) mass is 185 g/mol. The van der Waals surface area contributed by atoms with Crippen LogP contribution in [0.4, 0.5) is 0 Å². The van der Waals surface area contributed by atoms with Gasteiger partial charge < -0.3 is 10.1 Å². The molecule has 0 radical (unpaired) electrons. The third-order valence-corrected chi connectivity index (χ3v) is 3.01. The van der Waals surface area contributed by atoms with Gasteiger partial charge in [0.15, 0.2) is 0 Å². The van der Waals surface area contributed by atoms with Crippen molar-refractivity contribution in [3.63, 3.8) is 0 Å². The smallest absolute Gasteiger partial charge is 0.0726 e. The molecule has 0 aromatic rings. The van der Waals surface area contributed by atoms with Crippen LogP contribution in [0.1, 0.15) is 39.5 Å². The molecule has 1 rings (SSSR count). The first-order valence-electron chi connectivity index (χ1n) is 5.54. The lowest BCUT2D eigenvalue weighted by Crippen LogP contribution is -2.45. The molecule has 0 amide bonds. The lowest BCUT2D eigenvalue weighted by atomic mass is 9.85. The largest absolute Gasteiger partial charge is 0.380 e. The molecule has 1 fully saturated rings. The topological polar surface area (TPSA) is 21.3 Å². The van der Waals surface area contributed by atoms with Crippen LogP contribution in [-0.2, 0) is 4.74 Å². The first kappa shape index (κ1) is 11.0. The summed E-state index contributed by atoms with van der Waals surface area (Å²) in [5.41, 5.74) is 0. The molecule has 1 N–H and O–H groups in total. The highest BCUT2D eigenvalue weighted by atomic mass is 16.5. The second-order valence-corrected chi connectivity index (χ2v) is 4.25. The normalized spacial score (nSPS) is 34.8. The fraction of sp³-hybridized carbons (Fsp3) is 1.00. The van der Waals surface area contributed by atoms with Crippen molar-refractivity contribution in [2.75, 3.05) is 13.7 Å². The summed E-state index contributed by atoms with van der Waals surface area (Å²) < 4.78 is 5.51. The molecule has 0 aliphatic heterocycles. The highest BCUT2D eigenvalue weighted by Crippen LogP contribution is 2.25. The quantitative estimate of drug-likeness (QED) is 0.725. The first-order valence-corrected chi connectivity index (χ1v) is 5.54. The Kier molecular flexibility index (Phi) is 4.74. The molecule has 0 bridgehead atoms. The molecule has 3 atom stereocenters. The van der Waals surface area contributed by atoms with Crippen molar-refractivity contribution in [1.29, 1.82) is 0 Å². The summed E-state index contributed by atoms with van der Waals surface area (Å²) in [6, 6.07) is 0.598. The lowest BCUT2D eigenvalue weighted by molar-refractivity contribution is 0.0261. The maximum atomic E-state index is 5.51. The van der Waals surface area contributed by atoms with Crippen LogP contribution in [0.3, 0.4) is 0 Å². The van der Waals surface area contributed by atoms with Gasteiger partial charge in [-0.15, -0.1) is 0 Å². The first-order chi connectivity index (χ1) is 6.27. The van der Waals surface area contributed by atoms with Gasteiger partial charge in [0.25, 0.3) is 0 Å². The molecule has 3 unspecified atom stereocenters. The molecule has 0 aromatic carbocycles. The Labute approximate surface area is 82.0 Å². The van der Waals surface area contributed by atoms with Gasteiger partial charge in [0.1, 0.15) is 0 Å². The van der Waals surface area contributed by atoms with Crippen molar-refractivity contribution < 1.29 is 4.74 Å². The predicted octanol–water partition coefficient (Wildman–Crippen LogP) is 2.19. The van der Waals surface area contributed by atoms with E-state index in [0.717, 1.165) is 12.5 Å². The number of methoxy groups -OCH3 is 1. The van der Waals surface area contributed by atoms with Crippen molar-refractivity contribution in [3.05, 3.63) is 0 Å². The molecule has 1 aliphatic carbocycles. The van der Waals surface area contributed by atoms with Crippen molar-refractivity contribution >= 4 is 0 Å². The molecule has 1 saturated carbocycles. The Morgan fingerprint density at radius 3 is 2.77 bits per heavy atom. The zero-order valence-corrected chi connectivity index (χ0v) is 9.18. The lowest BCUT2D eigenvalue weighted by Gasteiger charge is -2.34. The summed E-state index contributed by atoms with van der Waals surface area (Å²) in [4.78, 5) is 0. The average Bonchev–Trinajstić information content (AvgIpc) is 2.16. The van der Waals surface area contributed by atoms with Gasteiger partial charge in [0.2, 0.25) is 0 Å². The summed E-state index contributed by atoms with van der Waals surface area (Å²) in [5.74, 6) is 0.838. The Bertz CT molecular complexity index is 136. The standard InChI is InChI=1S/C11H23NO/c1-4-7-12-10-6-5-9(2)8-11(10)13-3/h9-12H,4-8H2,1-3H3. The van der Waals surface area contributed by atoms with Crippen LogP contribution in [0.25, 0.3) is 0 Å². The van der Waals surface area contributed by atoms with E-state index in [4.69, 9.17) is 4.74 Å². The third-order valence-electron chi connectivity index (χ3n) is 3.01. The van der Waals surface area contributed by atoms with Gasteiger partial charge in [-0.25, -0.2) is 0 Å². The van der Waals surface area contributed by atoms with E-state index in [1.165, 1.54) is 25.7 Å². The van der Waals surface area contributed by atoms with Gasteiger partial charge in [0, 0.05) is 13.2 Å². The Hall–Kier alpha value is -0.0800. The van der Waals surface area contributed by atoms with E-state index in [-0.39, 0.29) is 0 Å². The molecule has 2 nitrogen and oxygen atoms in total. The molecule has 0 aromatic heterocycles. The maximum Gasteiger partial charge on any atom is 0.0726 e. The minimum atomic E-state index is 0.440. The minimum absolute atomic E-state index is 0.440. The summed E-state index contributed by atoms with van der Waals surface area (Å²) in [6.45, 7) is 5.65. The van der Waals surface area contributed by atoms with E-state index in [2.05, 4.69) is 19.2 Å². The number of ether oxygens (including phenoxy) is 1. The van der Waals surface area contributed by atoms with E-state index in [0.29, 0.717) is 12.1 Å². The van der Waals surface area contributed by atoms with Crippen molar-refractivity contribution in [2.24, 2.45) is 5.92 Å². The van der Waals surface area contributed by atoms with E-state index >= 15 is 0 Å². The number of rotatable bonds is 4. The van der Waals surface area contributed by atoms with E-state index in [9.17, 15) is 0 Å². The van der Waals surface area contributed by atoms with Crippen LogP contribution >= 0.6 is 0 Å². The van der Waals surface area contributed by atoms with E-state index in [1.807, 2.05) is 7.11 Å². The van der Waals surface area contributed by atoms with Crippen molar-refractivity contribution in [1.82, 2.24) is 5.32 Å². The van der Waals surface area contributed by atoms with Crippen LogP contribution < -0.4 is 5.32 Å². The van der Waals surface area contributed by atoms with Gasteiger partial charge in [0.05, 0.1) is 6.10 Å². The summed E-state index contributed by atoms with van der Waals surface area (Å²) in [7, 11) is 1.84. The van der Waals surface area contributed by atoms with Crippen LogP contribution in [0, 0.1) is 5.92 Å².